The van der Waals surface area contributed by atoms with Gasteiger partial charge in [0.15, 0.2) is 0 Å². The molecule has 1 amide bonds. The van der Waals surface area contributed by atoms with Gasteiger partial charge in [0.05, 0.1) is 6.20 Å². The van der Waals surface area contributed by atoms with E-state index in [2.05, 4.69) is 20.5 Å². The van der Waals surface area contributed by atoms with Gasteiger partial charge in [0.25, 0.3) is 11.5 Å². The Morgan fingerprint density at radius 3 is 2.94 bits per heavy atom. The van der Waals surface area contributed by atoms with Gasteiger partial charge in [-0.25, -0.2) is 0 Å². The molecule has 6 nitrogen and oxygen atoms in total. The van der Waals surface area contributed by atoms with Gasteiger partial charge in [-0.15, -0.1) is 0 Å². The molecule has 6 heteroatoms. The van der Waals surface area contributed by atoms with Gasteiger partial charge in [-0.3, -0.25) is 14.7 Å². The van der Waals surface area contributed by atoms with E-state index in [1.165, 1.54) is 6.07 Å². The van der Waals surface area contributed by atoms with Crippen LogP contribution in [-0.4, -0.2) is 21.1 Å². The van der Waals surface area contributed by atoms with Crippen molar-refractivity contribution in [3.63, 3.8) is 0 Å². The van der Waals surface area contributed by atoms with Crippen LogP contribution in [0.1, 0.15) is 21.6 Å². The molecule has 0 spiro atoms. The standard InChI is InChI=1S/C11H12N4O2/c1-7-2-3-9(11(17)15-7)10(16)12-4-8-5-13-14-6-8/h2-3,5-6H,4H2,1H3,(H,12,16)(H,13,14)(H,15,17). The lowest BCUT2D eigenvalue weighted by molar-refractivity contribution is 0.0949. The highest BCUT2D eigenvalue weighted by Gasteiger charge is 2.09. The van der Waals surface area contributed by atoms with Gasteiger partial charge in [-0.05, 0) is 19.1 Å². The highest BCUT2D eigenvalue weighted by molar-refractivity contribution is 5.93. The SMILES string of the molecule is Cc1ccc(C(=O)NCc2cn[nH]c2)c(=O)[nH]1. The number of hydrogen-bond donors (Lipinski definition) is 3. The van der Waals surface area contributed by atoms with Crippen molar-refractivity contribution in [2.75, 3.05) is 0 Å². The first-order valence-electron chi connectivity index (χ1n) is 5.12. The number of pyridine rings is 1. The lowest BCUT2D eigenvalue weighted by atomic mass is 10.2. The van der Waals surface area contributed by atoms with Crippen molar-refractivity contribution in [1.82, 2.24) is 20.5 Å². The van der Waals surface area contributed by atoms with E-state index in [1.54, 1.807) is 25.4 Å². The Labute approximate surface area is 97.1 Å². The van der Waals surface area contributed by atoms with Crippen LogP contribution in [-0.2, 0) is 6.54 Å². The van der Waals surface area contributed by atoms with Gasteiger partial charge in [0.1, 0.15) is 5.56 Å². The topological polar surface area (TPSA) is 90.6 Å². The van der Waals surface area contributed by atoms with Crippen LogP contribution < -0.4 is 10.9 Å². The Bertz CT molecular complexity index is 571. The van der Waals surface area contributed by atoms with Crippen LogP contribution in [0, 0.1) is 6.92 Å². The second-order valence-electron chi connectivity index (χ2n) is 3.67. The van der Waals surface area contributed by atoms with Gasteiger partial charge < -0.3 is 10.3 Å². The third-order valence-electron chi connectivity index (χ3n) is 2.31. The minimum Gasteiger partial charge on any atom is -0.348 e. The number of aromatic amines is 2. The van der Waals surface area contributed by atoms with Crippen LogP contribution in [0.3, 0.4) is 0 Å². The van der Waals surface area contributed by atoms with Crippen molar-refractivity contribution < 1.29 is 4.79 Å². The van der Waals surface area contributed by atoms with Gasteiger partial charge in [-0.1, -0.05) is 0 Å². The predicted molar refractivity (Wildman–Crippen MR) is 61.6 cm³/mol. The van der Waals surface area contributed by atoms with Crippen LogP contribution in [0.25, 0.3) is 0 Å². The Hall–Kier alpha value is -2.37. The van der Waals surface area contributed by atoms with Gasteiger partial charge in [-0.2, -0.15) is 5.10 Å². The van der Waals surface area contributed by atoms with Crippen molar-refractivity contribution in [3.8, 4) is 0 Å². The second kappa shape index (κ2) is 4.65. The number of carbonyl (C=O) groups excluding carboxylic acids is 1. The van der Waals surface area contributed by atoms with E-state index in [9.17, 15) is 9.59 Å². The molecule has 2 rings (SSSR count). The average Bonchev–Trinajstić information content (AvgIpc) is 2.78. The van der Waals surface area contributed by atoms with Crippen molar-refractivity contribution in [2.24, 2.45) is 0 Å². The molecule has 2 aromatic rings. The summed E-state index contributed by atoms with van der Waals surface area (Å²) < 4.78 is 0. The zero-order valence-electron chi connectivity index (χ0n) is 9.28. The zero-order valence-corrected chi connectivity index (χ0v) is 9.28. The summed E-state index contributed by atoms with van der Waals surface area (Å²) >= 11 is 0. The maximum Gasteiger partial charge on any atom is 0.260 e. The monoisotopic (exact) mass is 232 g/mol. The van der Waals surface area contributed by atoms with Crippen LogP contribution in [0.4, 0.5) is 0 Å². The van der Waals surface area contributed by atoms with Gasteiger partial charge >= 0.3 is 0 Å². The number of nitrogens with zero attached hydrogens (tertiary/aromatic N) is 1. The molecule has 0 atom stereocenters. The summed E-state index contributed by atoms with van der Waals surface area (Å²) in [5.74, 6) is -0.396. The summed E-state index contributed by atoms with van der Waals surface area (Å²) in [5.41, 5.74) is 1.30. The molecule has 0 aliphatic rings. The number of H-pyrrole nitrogens is 2. The van der Waals surface area contributed by atoms with Crippen LogP contribution in [0.2, 0.25) is 0 Å². The highest BCUT2D eigenvalue weighted by Crippen LogP contribution is 1.96. The van der Waals surface area contributed by atoms with Gasteiger partial charge in [0, 0.05) is 24.0 Å². The molecule has 0 aliphatic heterocycles. The fourth-order valence-electron chi connectivity index (χ4n) is 1.40. The van der Waals surface area contributed by atoms with Crippen LogP contribution in [0.15, 0.2) is 29.3 Å². The summed E-state index contributed by atoms with van der Waals surface area (Å²) in [4.78, 5) is 25.8. The Morgan fingerprint density at radius 1 is 1.47 bits per heavy atom. The first-order chi connectivity index (χ1) is 8.16. The molecule has 0 saturated heterocycles. The first kappa shape index (κ1) is 11.1. The fraction of sp³-hybridized carbons (Fsp3) is 0.182. The van der Waals surface area contributed by atoms with E-state index >= 15 is 0 Å². The van der Waals surface area contributed by atoms with Crippen molar-refractivity contribution in [2.45, 2.75) is 13.5 Å². The smallest absolute Gasteiger partial charge is 0.260 e. The molecule has 2 heterocycles. The number of amides is 1. The lowest BCUT2D eigenvalue weighted by Gasteiger charge is -2.03. The molecule has 2 aromatic heterocycles. The van der Waals surface area contributed by atoms with E-state index < -0.39 is 5.91 Å². The lowest BCUT2D eigenvalue weighted by Crippen LogP contribution is -2.29. The highest BCUT2D eigenvalue weighted by atomic mass is 16.2. The minimum atomic E-state index is -0.396. The third kappa shape index (κ3) is 2.60. The molecular weight excluding hydrogens is 220 g/mol. The summed E-state index contributed by atoms with van der Waals surface area (Å²) in [7, 11) is 0. The fourth-order valence-corrected chi connectivity index (χ4v) is 1.40. The Morgan fingerprint density at radius 2 is 2.29 bits per heavy atom. The zero-order chi connectivity index (χ0) is 12.3. The van der Waals surface area contributed by atoms with Crippen molar-refractivity contribution >= 4 is 5.91 Å². The quantitative estimate of drug-likeness (QED) is 0.712. The molecule has 3 N–H and O–H groups in total. The number of aromatic nitrogens is 3. The minimum absolute atomic E-state index is 0.110. The molecule has 0 bridgehead atoms. The summed E-state index contributed by atoms with van der Waals surface area (Å²) in [6.45, 7) is 2.09. The van der Waals surface area contributed by atoms with E-state index in [-0.39, 0.29) is 11.1 Å². The van der Waals surface area contributed by atoms with E-state index in [0.717, 1.165) is 11.3 Å². The molecule has 0 unspecified atom stereocenters. The molecule has 17 heavy (non-hydrogen) atoms. The number of rotatable bonds is 3. The van der Waals surface area contributed by atoms with E-state index in [0.29, 0.717) is 6.54 Å². The number of hydrogen-bond acceptors (Lipinski definition) is 3. The molecule has 0 aliphatic carbocycles. The average molecular weight is 232 g/mol. The molecule has 0 saturated carbocycles. The van der Waals surface area contributed by atoms with Gasteiger partial charge in [0.2, 0.25) is 0 Å². The number of carbonyl (C=O) groups is 1. The number of nitrogens with one attached hydrogen (secondary N) is 3. The van der Waals surface area contributed by atoms with Crippen molar-refractivity contribution in [3.05, 3.63) is 51.7 Å². The molecule has 0 aromatic carbocycles. The largest absolute Gasteiger partial charge is 0.348 e. The Kier molecular flexibility index (Phi) is 3.04. The van der Waals surface area contributed by atoms with E-state index in [1.807, 2.05) is 0 Å². The molecule has 88 valence electrons. The maximum absolute atomic E-state index is 11.7. The Balaban J connectivity index is 2.07. The first-order valence-corrected chi connectivity index (χ1v) is 5.12. The summed E-state index contributed by atoms with van der Waals surface area (Å²) in [6.07, 6.45) is 3.29. The summed E-state index contributed by atoms with van der Waals surface area (Å²) in [5, 5.41) is 9.04. The predicted octanol–water partition coefficient (Wildman–Crippen LogP) is 0.336. The second-order valence-corrected chi connectivity index (χ2v) is 3.67. The third-order valence-corrected chi connectivity index (χ3v) is 2.31. The van der Waals surface area contributed by atoms with E-state index in [4.69, 9.17) is 0 Å². The molecular formula is C11H12N4O2. The normalized spacial score (nSPS) is 10.2. The maximum atomic E-state index is 11.7. The molecule has 0 radical (unpaired) electrons. The summed E-state index contributed by atoms with van der Waals surface area (Å²) in [6, 6.07) is 3.20. The number of aryl methyl sites for hydroxylation is 1. The van der Waals surface area contributed by atoms with Crippen LogP contribution in [0.5, 0.6) is 0 Å². The molecule has 0 fully saturated rings. The van der Waals surface area contributed by atoms with Crippen molar-refractivity contribution in [1.29, 1.82) is 0 Å². The van der Waals surface area contributed by atoms with Crippen LogP contribution >= 0.6 is 0 Å².